The van der Waals surface area contributed by atoms with Crippen LogP contribution in [-0.2, 0) is 4.57 Å². The zero-order chi connectivity index (χ0) is 16.1. The third-order valence-electron chi connectivity index (χ3n) is 4.68. The highest BCUT2D eigenvalue weighted by Gasteiger charge is 2.31. The average Bonchev–Trinajstić information content (AvgIpc) is 2.45. The first kappa shape index (κ1) is 17.3. The van der Waals surface area contributed by atoms with Gasteiger partial charge < -0.3 is 4.74 Å². The van der Waals surface area contributed by atoms with Crippen LogP contribution < -0.4 is 9.26 Å². The quantitative estimate of drug-likeness (QED) is 0.646. The van der Waals surface area contributed by atoms with Crippen molar-refractivity contribution < 1.29 is 13.8 Å². The highest BCUT2D eigenvalue weighted by Crippen LogP contribution is 2.38. The van der Waals surface area contributed by atoms with Crippen molar-refractivity contribution in [2.75, 3.05) is 13.3 Å². The lowest BCUT2D eigenvalue weighted by atomic mass is 9.70. The predicted octanol–water partition coefficient (Wildman–Crippen LogP) is 5.52. The third-order valence-corrected chi connectivity index (χ3v) is 5.15. The van der Waals surface area contributed by atoms with Crippen molar-refractivity contribution in [3.05, 3.63) is 24.3 Å². The van der Waals surface area contributed by atoms with E-state index >= 15 is 0 Å². The Morgan fingerprint density at radius 3 is 2.41 bits per heavy atom. The first-order valence-corrected chi connectivity index (χ1v) is 9.90. The van der Waals surface area contributed by atoms with Gasteiger partial charge in [-0.05, 0) is 65.3 Å². The molecular weight excluding hydrogens is 295 g/mol. The molecule has 1 aromatic carbocycles. The normalized spacial score (nSPS) is 25.9. The van der Waals surface area contributed by atoms with Crippen LogP contribution in [0.2, 0.25) is 0 Å². The summed E-state index contributed by atoms with van der Waals surface area (Å²) < 4.78 is 22.2. The maximum atomic E-state index is 11.1. The van der Waals surface area contributed by atoms with Gasteiger partial charge in [0.15, 0.2) is 12.4 Å². The molecule has 1 aromatic rings. The standard InChI is InChI=1S/C18H28O3P/c1-13(2)18-10-5-14(3)11-15(18)12-20-16-6-8-17(9-7-16)21-22(4)19/h6-9,13-15,18H,5,10-12H2,1-4H3/q+1. The summed E-state index contributed by atoms with van der Waals surface area (Å²) in [5.41, 5.74) is 0. The van der Waals surface area contributed by atoms with E-state index in [9.17, 15) is 4.57 Å². The molecule has 1 saturated carbocycles. The third kappa shape index (κ3) is 4.98. The number of rotatable bonds is 6. The van der Waals surface area contributed by atoms with Crippen LogP contribution in [0.1, 0.15) is 40.0 Å². The minimum Gasteiger partial charge on any atom is -0.493 e. The Balaban J connectivity index is 1.91. The fraction of sp³-hybridized carbons (Fsp3) is 0.667. The zero-order valence-electron chi connectivity index (χ0n) is 14.1. The van der Waals surface area contributed by atoms with E-state index in [1.54, 1.807) is 6.66 Å². The van der Waals surface area contributed by atoms with Gasteiger partial charge in [0.25, 0.3) is 0 Å². The molecule has 0 amide bonds. The average molecular weight is 323 g/mol. The Morgan fingerprint density at radius 1 is 1.18 bits per heavy atom. The van der Waals surface area contributed by atoms with Crippen molar-refractivity contribution in [2.24, 2.45) is 23.7 Å². The molecule has 22 heavy (non-hydrogen) atoms. The van der Waals surface area contributed by atoms with E-state index < -0.39 is 8.03 Å². The van der Waals surface area contributed by atoms with Gasteiger partial charge in [0, 0.05) is 0 Å². The second-order valence-corrected chi connectivity index (χ2v) is 7.96. The van der Waals surface area contributed by atoms with Crippen LogP contribution in [-0.4, -0.2) is 13.3 Å². The molecule has 0 aromatic heterocycles. The van der Waals surface area contributed by atoms with Crippen LogP contribution in [0.3, 0.4) is 0 Å². The summed E-state index contributed by atoms with van der Waals surface area (Å²) in [6.07, 6.45) is 3.93. The molecule has 122 valence electrons. The van der Waals surface area contributed by atoms with E-state index in [-0.39, 0.29) is 0 Å². The number of ether oxygens (including phenoxy) is 1. The molecule has 3 nitrogen and oxygen atoms in total. The lowest BCUT2D eigenvalue weighted by Gasteiger charge is -2.37. The van der Waals surface area contributed by atoms with Crippen molar-refractivity contribution in [1.29, 1.82) is 0 Å². The van der Waals surface area contributed by atoms with Crippen LogP contribution in [0.15, 0.2) is 24.3 Å². The predicted molar refractivity (Wildman–Crippen MR) is 90.9 cm³/mol. The van der Waals surface area contributed by atoms with Gasteiger partial charge in [-0.2, -0.15) is 0 Å². The first-order chi connectivity index (χ1) is 10.5. The second kappa shape index (κ2) is 7.97. The molecule has 0 aliphatic heterocycles. The van der Waals surface area contributed by atoms with E-state index in [1.165, 1.54) is 19.3 Å². The molecule has 0 heterocycles. The van der Waals surface area contributed by atoms with Crippen molar-refractivity contribution in [3.8, 4) is 11.5 Å². The molecule has 0 radical (unpaired) electrons. The molecular formula is C18H28O3P+. The van der Waals surface area contributed by atoms with Gasteiger partial charge in [0.05, 0.1) is 6.61 Å². The van der Waals surface area contributed by atoms with Crippen molar-refractivity contribution in [2.45, 2.75) is 40.0 Å². The maximum absolute atomic E-state index is 11.1. The molecule has 2 rings (SSSR count). The summed E-state index contributed by atoms with van der Waals surface area (Å²) in [5, 5.41) is 0. The molecule has 1 aliphatic rings. The number of hydrogen-bond donors (Lipinski definition) is 0. The Kier molecular flexibility index (Phi) is 6.26. The van der Waals surface area contributed by atoms with E-state index in [2.05, 4.69) is 20.8 Å². The van der Waals surface area contributed by atoms with E-state index in [1.807, 2.05) is 24.3 Å². The second-order valence-electron chi connectivity index (χ2n) is 6.90. The van der Waals surface area contributed by atoms with Crippen LogP contribution in [0, 0.1) is 23.7 Å². The largest absolute Gasteiger partial charge is 0.552 e. The van der Waals surface area contributed by atoms with E-state index in [0.29, 0.717) is 11.7 Å². The van der Waals surface area contributed by atoms with E-state index in [4.69, 9.17) is 9.26 Å². The van der Waals surface area contributed by atoms with Crippen molar-refractivity contribution >= 4 is 8.03 Å². The molecule has 1 aliphatic carbocycles. The highest BCUT2D eigenvalue weighted by molar-refractivity contribution is 7.38. The Morgan fingerprint density at radius 2 is 1.82 bits per heavy atom. The van der Waals surface area contributed by atoms with Gasteiger partial charge in [-0.25, -0.2) is 0 Å². The molecule has 0 spiro atoms. The molecule has 0 N–H and O–H groups in total. The minimum absolute atomic E-state index is 0.627. The number of hydrogen-bond acceptors (Lipinski definition) is 3. The van der Waals surface area contributed by atoms with Gasteiger partial charge in [0.1, 0.15) is 5.75 Å². The van der Waals surface area contributed by atoms with Gasteiger partial charge in [-0.15, -0.1) is 0 Å². The first-order valence-electron chi connectivity index (χ1n) is 8.27. The molecule has 1 fully saturated rings. The van der Waals surface area contributed by atoms with Crippen LogP contribution >= 0.6 is 8.03 Å². The minimum atomic E-state index is -1.61. The lowest BCUT2D eigenvalue weighted by Crippen LogP contribution is -2.31. The molecule has 4 heteroatoms. The van der Waals surface area contributed by atoms with Gasteiger partial charge in [-0.3, -0.25) is 4.52 Å². The zero-order valence-corrected chi connectivity index (χ0v) is 15.0. The van der Waals surface area contributed by atoms with Crippen LogP contribution in [0.5, 0.6) is 11.5 Å². The van der Waals surface area contributed by atoms with Gasteiger partial charge in [-0.1, -0.05) is 27.2 Å². The van der Waals surface area contributed by atoms with Crippen molar-refractivity contribution in [3.63, 3.8) is 0 Å². The number of benzene rings is 1. The summed E-state index contributed by atoms with van der Waals surface area (Å²) in [7, 11) is -1.61. The summed E-state index contributed by atoms with van der Waals surface area (Å²) in [4.78, 5) is 0. The highest BCUT2D eigenvalue weighted by atomic mass is 31.1. The topological polar surface area (TPSA) is 35.5 Å². The summed E-state index contributed by atoms with van der Waals surface area (Å²) >= 11 is 0. The van der Waals surface area contributed by atoms with Gasteiger partial charge in [0.2, 0.25) is 0 Å². The Labute approximate surface area is 135 Å². The molecule has 0 bridgehead atoms. The smallest absolute Gasteiger partial charge is 0.493 e. The molecule has 4 unspecified atom stereocenters. The fourth-order valence-corrected chi connectivity index (χ4v) is 3.96. The summed E-state index contributed by atoms with van der Waals surface area (Å²) in [5.74, 6) is 4.42. The fourth-order valence-electron chi connectivity index (χ4n) is 3.54. The summed E-state index contributed by atoms with van der Waals surface area (Å²) in [6.45, 7) is 9.34. The summed E-state index contributed by atoms with van der Waals surface area (Å²) in [6, 6.07) is 7.42. The molecule has 4 atom stereocenters. The van der Waals surface area contributed by atoms with Gasteiger partial charge >= 0.3 is 8.03 Å². The van der Waals surface area contributed by atoms with E-state index in [0.717, 1.165) is 30.1 Å². The lowest BCUT2D eigenvalue weighted by molar-refractivity contribution is 0.0934. The SMILES string of the molecule is CC1CCC(C(C)C)C(COc2ccc(O[P+](C)=O)cc2)C1. The molecule has 0 saturated heterocycles. The maximum Gasteiger partial charge on any atom is 0.552 e. The Hall–Kier alpha value is -1.08. The van der Waals surface area contributed by atoms with Crippen molar-refractivity contribution in [1.82, 2.24) is 0 Å². The van der Waals surface area contributed by atoms with Crippen LogP contribution in [0.4, 0.5) is 0 Å². The van der Waals surface area contributed by atoms with Crippen LogP contribution in [0.25, 0.3) is 0 Å². The monoisotopic (exact) mass is 323 g/mol. The Bertz CT molecular complexity index is 484.